The van der Waals surface area contributed by atoms with Crippen molar-refractivity contribution in [2.45, 2.75) is 12.5 Å². The molecular formula is C15H11FO4. The number of ether oxygens (including phenoxy) is 1. The zero-order valence-corrected chi connectivity index (χ0v) is 10.3. The van der Waals surface area contributed by atoms with E-state index in [0.717, 1.165) is 6.07 Å². The van der Waals surface area contributed by atoms with Crippen molar-refractivity contribution < 1.29 is 24.1 Å². The number of ketones is 1. The van der Waals surface area contributed by atoms with Crippen molar-refractivity contribution in [3.05, 3.63) is 53.3 Å². The van der Waals surface area contributed by atoms with Crippen LogP contribution in [0.5, 0.6) is 17.2 Å². The fraction of sp³-hybridized carbons (Fsp3) is 0.133. The topological polar surface area (TPSA) is 66.8 Å². The minimum Gasteiger partial charge on any atom is -0.508 e. The van der Waals surface area contributed by atoms with Gasteiger partial charge in [0.25, 0.3) is 0 Å². The molecule has 0 bridgehead atoms. The van der Waals surface area contributed by atoms with Crippen LogP contribution in [0.4, 0.5) is 4.39 Å². The quantitative estimate of drug-likeness (QED) is 0.839. The Bertz CT molecular complexity index is 696. The summed E-state index contributed by atoms with van der Waals surface area (Å²) in [7, 11) is 0. The summed E-state index contributed by atoms with van der Waals surface area (Å²) in [6.07, 6.45) is -0.624. The van der Waals surface area contributed by atoms with Crippen LogP contribution in [0.3, 0.4) is 0 Å². The van der Waals surface area contributed by atoms with Gasteiger partial charge in [-0.05, 0) is 17.7 Å². The average molecular weight is 274 g/mol. The van der Waals surface area contributed by atoms with Crippen LogP contribution < -0.4 is 4.74 Å². The van der Waals surface area contributed by atoms with E-state index in [1.54, 1.807) is 6.07 Å². The molecule has 2 N–H and O–H groups in total. The van der Waals surface area contributed by atoms with Gasteiger partial charge in [0.1, 0.15) is 34.7 Å². The number of fused-ring (bicyclic) bond motifs is 1. The van der Waals surface area contributed by atoms with E-state index in [2.05, 4.69) is 0 Å². The molecule has 3 rings (SSSR count). The van der Waals surface area contributed by atoms with E-state index in [9.17, 15) is 19.4 Å². The molecule has 0 spiro atoms. The normalized spacial score (nSPS) is 17.4. The summed E-state index contributed by atoms with van der Waals surface area (Å²) in [5.41, 5.74) is 0.585. The van der Waals surface area contributed by atoms with E-state index in [1.807, 2.05) is 0 Å². The van der Waals surface area contributed by atoms with Crippen LogP contribution in [0.2, 0.25) is 0 Å². The fourth-order valence-corrected chi connectivity index (χ4v) is 2.32. The van der Waals surface area contributed by atoms with Gasteiger partial charge in [-0.1, -0.05) is 12.1 Å². The zero-order valence-electron chi connectivity index (χ0n) is 10.3. The van der Waals surface area contributed by atoms with Crippen molar-refractivity contribution >= 4 is 5.78 Å². The highest BCUT2D eigenvalue weighted by Crippen LogP contribution is 2.41. The number of hydrogen-bond acceptors (Lipinski definition) is 4. The molecule has 20 heavy (non-hydrogen) atoms. The largest absolute Gasteiger partial charge is 0.508 e. The number of phenolic OH excluding ortho intramolecular Hbond substituents is 2. The first kappa shape index (κ1) is 12.5. The molecule has 0 saturated heterocycles. The van der Waals surface area contributed by atoms with Gasteiger partial charge in [0.05, 0.1) is 6.42 Å². The summed E-state index contributed by atoms with van der Waals surface area (Å²) in [6.45, 7) is 0. The second-order valence-corrected chi connectivity index (χ2v) is 4.63. The number of aromatic hydroxyl groups is 2. The first-order chi connectivity index (χ1) is 9.54. The Kier molecular flexibility index (Phi) is 2.82. The van der Waals surface area contributed by atoms with E-state index >= 15 is 0 Å². The molecule has 1 aliphatic rings. The van der Waals surface area contributed by atoms with Gasteiger partial charge >= 0.3 is 0 Å². The maximum absolute atomic E-state index is 13.2. The second kappa shape index (κ2) is 4.52. The van der Waals surface area contributed by atoms with Crippen molar-refractivity contribution in [2.24, 2.45) is 0 Å². The van der Waals surface area contributed by atoms with Crippen LogP contribution >= 0.6 is 0 Å². The Hall–Kier alpha value is -2.56. The molecule has 0 amide bonds. The number of carbonyl (C=O) groups is 1. The number of benzene rings is 2. The second-order valence-electron chi connectivity index (χ2n) is 4.63. The van der Waals surface area contributed by atoms with Gasteiger partial charge in [0.15, 0.2) is 5.78 Å². The van der Waals surface area contributed by atoms with Gasteiger partial charge in [-0.15, -0.1) is 0 Å². The highest BCUT2D eigenvalue weighted by Gasteiger charge is 2.30. The third kappa shape index (κ3) is 2.07. The molecule has 1 atom stereocenters. The van der Waals surface area contributed by atoms with Crippen LogP contribution in [-0.4, -0.2) is 16.0 Å². The van der Waals surface area contributed by atoms with Gasteiger partial charge in [0, 0.05) is 12.1 Å². The van der Waals surface area contributed by atoms with Crippen molar-refractivity contribution in [1.82, 2.24) is 0 Å². The molecule has 2 aromatic rings. The van der Waals surface area contributed by atoms with Crippen LogP contribution in [-0.2, 0) is 0 Å². The number of carbonyl (C=O) groups excluding carboxylic acids is 1. The lowest BCUT2D eigenvalue weighted by molar-refractivity contribution is 0.0844. The van der Waals surface area contributed by atoms with Crippen molar-refractivity contribution in [3.8, 4) is 17.2 Å². The van der Waals surface area contributed by atoms with Gasteiger partial charge in [0.2, 0.25) is 0 Å². The lowest BCUT2D eigenvalue weighted by Crippen LogP contribution is -2.20. The number of Topliss-reactive ketones (excluding diaryl/α,β-unsaturated/α-hetero) is 1. The van der Waals surface area contributed by atoms with Crippen molar-refractivity contribution in [3.63, 3.8) is 0 Å². The van der Waals surface area contributed by atoms with Gasteiger partial charge in [-0.2, -0.15) is 0 Å². The fourth-order valence-electron chi connectivity index (χ4n) is 2.32. The van der Waals surface area contributed by atoms with Crippen molar-refractivity contribution in [2.75, 3.05) is 0 Å². The Morgan fingerprint density at radius 1 is 1.20 bits per heavy atom. The molecule has 5 heteroatoms. The Balaban J connectivity index is 2.02. The first-order valence-electron chi connectivity index (χ1n) is 6.06. The maximum atomic E-state index is 13.2. The SMILES string of the molecule is O=C1CC(c2cccc(F)c2)Oc2cc(O)cc(O)c21. The third-order valence-electron chi connectivity index (χ3n) is 3.21. The average Bonchev–Trinajstić information content (AvgIpc) is 2.37. The molecule has 0 fully saturated rings. The van der Waals surface area contributed by atoms with Crippen molar-refractivity contribution in [1.29, 1.82) is 0 Å². The van der Waals surface area contributed by atoms with Crippen LogP contribution in [0.25, 0.3) is 0 Å². The summed E-state index contributed by atoms with van der Waals surface area (Å²) in [6, 6.07) is 8.15. The molecule has 0 radical (unpaired) electrons. The van der Waals surface area contributed by atoms with Crippen LogP contribution in [0.1, 0.15) is 28.4 Å². The monoisotopic (exact) mass is 274 g/mol. The highest BCUT2D eigenvalue weighted by molar-refractivity contribution is 6.02. The minimum atomic E-state index is -0.633. The molecule has 102 valence electrons. The maximum Gasteiger partial charge on any atom is 0.174 e. The number of halogens is 1. The molecule has 1 unspecified atom stereocenters. The Labute approximate surface area is 114 Å². The molecule has 1 heterocycles. The van der Waals surface area contributed by atoms with Gasteiger partial charge in [-0.3, -0.25) is 4.79 Å². The smallest absolute Gasteiger partial charge is 0.174 e. The van der Waals surface area contributed by atoms with E-state index < -0.39 is 11.9 Å². The predicted octanol–water partition coefficient (Wildman–Crippen LogP) is 2.94. The number of hydrogen-bond donors (Lipinski definition) is 2. The number of rotatable bonds is 1. The molecule has 0 aliphatic carbocycles. The summed E-state index contributed by atoms with van der Waals surface area (Å²) in [5, 5.41) is 19.1. The summed E-state index contributed by atoms with van der Waals surface area (Å²) in [5.74, 6) is -1.13. The van der Waals surface area contributed by atoms with Crippen LogP contribution in [0, 0.1) is 5.82 Å². The van der Waals surface area contributed by atoms with Crippen LogP contribution in [0.15, 0.2) is 36.4 Å². The standard InChI is InChI=1S/C15H11FO4/c16-9-3-1-2-8(4-9)13-7-12(19)15-11(18)5-10(17)6-14(15)20-13/h1-6,13,17-18H,7H2. The lowest BCUT2D eigenvalue weighted by atomic mass is 9.95. The zero-order chi connectivity index (χ0) is 14.3. The molecule has 4 nitrogen and oxygen atoms in total. The van der Waals surface area contributed by atoms with E-state index in [0.29, 0.717) is 5.56 Å². The van der Waals surface area contributed by atoms with E-state index in [-0.39, 0.29) is 35.0 Å². The minimum absolute atomic E-state index is 0.00872. The van der Waals surface area contributed by atoms with Gasteiger partial charge < -0.3 is 14.9 Å². The third-order valence-corrected chi connectivity index (χ3v) is 3.21. The van der Waals surface area contributed by atoms with E-state index in [4.69, 9.17) is 4.74 Å². The lowest BCUT2D eigenvalue weighted by Gasteiger charge is -2.26. The molecule has 1 aliphatic heterocycles. The van der Waals surface area contributed by atoms with Gasteiger partial charge in [-0.25, -0.2) is 4.39 Å². The summed E-state index contributed by atoms with van der Waals surface area (Å²) >= 11 is 0. The summed E-state index contributed by atoms with van der Waals surface area (Å²) < 4.78 is 18.8. The Morgan fingerprint density at radius 2 is 2.00 bits per heavy atom. The first-order valence-corrected chi connectivity index (χ1v) is 6.06. The highest BCUT2D eigenvalue weighted by atomic mass is 19.1. The molecule has 0 aromatic heterocycles. The summed E-state index contributed by atoms with van der Waals surface area (Å²) in [4.78, 5) is 12.1. The number of phenols is 2. The predicted molar refractivity (Wildman–Crippen MR) is 68.5 cm³/mol. The Morgan fingerprint density at radius 3 is 2.75 bits per heavy atom. The van der Waals surface area contributed by atoms with E-state index in [1.165, 1.54) is 24.3 Å². The molecule has 0 saturated carbocycles. The molecular weight excluding hydrogens is 263 g/mol. The molecule has 2 aromatic carbocycles.